The van der Waals surface area contributed by atoms with Gasteiger partial charge >= 0.3 is 0 Å². The standard InChI is InChI=1S/C13H14N2O3S/c16-13(8-14-7-10-5-6-19-9-10)11-1-3-12(4-2-11)15(17)18/h1-6,9,13-14,16H,7-8H2. The lowest BCUT2D eigenvalue weighted by Gasteiger charge is -2.11. The van der Waals surface area contributed by atoms with E-state index in [2.05, 4.69) is 5.32 Å². The van der Waals surface area contributed by atoms with E-state index < -0.39 is 11.0 Å². The number of nitrogens with one attached hydrogen (secondary N) is 1. The summed E-state index contributed by atoms with van der Waals surface area (Å²) >= 11 is 1.63. The predicted molar refractivity (Wildman–Crippen MR) is 74.1 cm³/mol. The Bertz CT molecular complexity index is 525. The second-order valence-electron chi connectivity index (χ2n) is 4.13. The summed E-state index contributed by atoms with van der Waals surface area (Å²) in [5, 5.41) is 27.7. The number of benzene rings is 1. The number of nitro benzene ring substituents is 1. The van der Waals surface area contributed by atoms with E-state index in [9.17, 15) is 15.2 Å². The second-order valence-corrected chi connectivity index (χ2v) is 4.91. The first-order valence-corrected chi connectivity index (χ1v) is 6.75. The molecule has 0 radical (unpaired) electrons. The lowest BCUT2D eigenvalue weighted by molar-refractivity contribution is -0.384. The highest BCUT2D eigenvalue weighted by Crippen LogP contribution is 2.17. The Kier molecular flexibility index (Phi) is 4.62. The number of hydrogen-bond donors (Lipinski definition) is 2. The largest absolute Gasteiger partial charge is 0.387 e. The van der Waals surface area contributed by atoms with Gasteiger partial charge in [-0.2, -0.15) is 11.3 Å². The minimum atomic E-state index is -0.667. The lowest BCUT2D eigenvalue weighted by atomic mass is 10.1. The van der Waals surface area contributed by atoms with Gasteiger partial charge in [-0.05, 0) is 40.1 Å². The van der Waals surface area contributed by atoms with Crippen LogP contribution in [0.1, 0.15) is 17.2 Å². The summed E-state index contributed by atoms with van der Waals surface area (Å²) in [6.07, 6.45) is -0.667. The Morgan fingerprint density at radius 3 is 2.63 bits per heavy atom. The van der Waals surface area contributed by atoms with Crippen LogP contribution in [0, 0.1) is 10.1 Å². The summed E-state index contributed by atoms with van der Waals surface area (Å²) in [5.41, 5.74) is 1.88. The third kappa shape index (κ3) is 3.85. The van der Waals surface area contributed by atoms with Gasteiger partial charge in [-0.1, -0.05) is 0 Å². The van der Waals surface area contributed by atoms with Gasteiger partial charge in [0.15, 0.2) is 0 Å². The summed E-state index contributed by atoms with van der Waals surface area (Å²) in [4.78, 5) is 10.1. The zero-order valence-electron chi connectivity index (χ0n) is 10.2. The molecule has 0 spiro atoms. The Balaban J connectivity index is 1.85. The van der Waals surface area contributed by atoms with Gasteiger partial charge in [-0.3, -0.25) is 10.1 Å². The zero-order chi connectivity index (χ0) is 13.7. The van der Waals surface area contributed by atoms with Gasteiger partial charge in [0.05, 0.1) is 11.0 Å². The predicted octanol–water partition coefficient (Wildman–Crippen LogP) is 2.48. The maximum atomic E-state index is 10.5. The molecule has 2 aromatic rings. The number of nitrogens with zero attached hydrogens (tertiary/aromatic N) is 1. The van der Waals surface area contributed by atoms with E-state index in [1.807, 2.05) is 16.8 Å². The topological polar surface area (TPSA) is 75.4 Å². The molecule has 1 unspecified atom stereocenters. The Labute approximate surface area is 114 Å². The van der Waals surface area contributed by atoms with Gasteiger partial charge in [0.25, 0.3) is 5.69 Å². The minimum absolute atomic E-state index is 0.0298. The molecule has 0 fully saturated rings. The first-order chi connectivity index (χ1) is 9.16. The average Bonchev–Trinajstić information content (AvgIpc) is 2.92. The van der Waals surface area contributed by atoms with Crippen molar-refractivity contribution >= 4 is 17.0 Å². The SMILES string of the molecule is O=[N+]([O-])c1ccc(C(O)CNCc2ccsc2)cc1. The van der Waals surface area contributed by atoms with Gasteiger partial charge in [-0.15, -0.1) is 0 Å². The quantitative estimate of drug-likeness (QED) is 0.628. The summed E-state index contributed by atoms with van der Waals surface area (Å²) in [7, 11) is 0. The molecule has 0 aliphatic rings. The summed E-state index contributed by atoms with van der Waals surface area (Å²) in [5.74, 6) is 0. The average molecular weight is 278 g/mol. The Hall–Kier alpha value is -1.76. The zero-order valence-corrected chi connectivity index (χ0v) is 11.0. The molecule has 0 saturated carbocycles. The molecular formula is C13H14N2O3S. The molecule has 1 heterocycles. The van der Waals surface area contributed by atoms with E-state index in [0.717, 1.165) is 0 Å². The van der Waals surface area contributed by atoms with Crippen molar-refractivity contribution in [1.29, 1.82) is 0 Å². The van der Waals surface area contributed by atoms with Crippen LogP contribution in [-0.2, 0) is 6.54 Å². The van der Waals surface area contributed by atoms with Crippen molar-refractivity contribution < 1.29 is 10.0 Å². The number of non-ortho nitro benzene ring substituents is 1. The van der Waals surface area contributed by atoms with E-state index in [1.54, 1.807) is 23.5 Å². The van der Waals surface area contributed by atoms with Crippen LogP contribution in [0.3, 0.4) is 0 Å². The van der Waals surface area contributed by atoms with Crippen molar-refractivity contribution in [3.05, 3.63) is 62.3 Å². The molecule has 2 N–H and O–H groups in total. The van der Waals surface area contributed by atoms with Crippen molar-refractivity contribution in [1.82, 2.24) is 5.32 Å². The van der Waals surface area contributed by atoms with Gasteiger partial charge in [-0.25, -0.2) is 0 Å². The molecule has 5 nitrogen and oxygen atoms in total. The minimum Gasteiger partial charge on any atom is -0.387 e. The summed E-state index contributed by atoms with van der Waals surface area (Å²) < 4.78 is 0. The number of aliphatic hydroxyl groups is 1. The number of hydrogen-bond acceptors (Lipinski definition) is 5. The maximum Gasteiger partial charge on any atom is 0.269 e. The molecule has 0 aliphatic heterocycles. The fourth-order valence-corrected chi connectivity index (χ4v) is 2.35. The van der Waals surface area contributed by atoms with Crippen LogP contribution in [-0.4, -0.2) is 16.6 Å². The summed E-state index contributed by atoms with van der Waals surface area (Å²) in [6.45, 7) is 1.11. The first kappa shape index (κ1) is 13.7. The number of aliphatic hydroxyl groups excluding tert-OH is 1. The Morgan fingerprint density at radius 1 is 1.32 bits per heavy atom. The van der Waals surface area contributed by atoms with Crippen LogP contribution in [0.2, 0.25) is 0 Å². The van der Waals surface area contributed by atoms with Crippen molar-refractivity contribution in [3.63, 3.8) is 0 Å². The fourth-order valence-electron chi connectivity index (χ4n) is 1.68. The van der Waals surface area contributed by atoms with Crippen LogP contribution in [0.15, 0.2) is 41.1 Å². The van der Waals surface area contributed by atoms with E-state index >= 15 is 0 Å². The van der Waals surface area contributed by atoms with Gasteiger partial charge in [0, 0.05) is 25.2 Å². The first-order valence-electron chi connectivity index (χ1n) is 5.81. The lowest BCUT2D eigenvalue weighted by Crippen LogP contribution is -2.20. The van der Waals surface area contributed by atoms with Crippen molar-refractivity contribution in [2.75, 3.05) is 6.54 Å². The Morgan fingerprint density at radius 2 is 2.05 bits per heavy atom. The van der Waals surface area contributed by atoms with Crippen LogP contribution in [0.5, 0.6) is 0 Å². The smallest absolute Gasteiger partial charge is 0.269 e. The number of thiophene rings is 1. The van der Waals surface area contributed by atoms with Gasteiger partial charge in [0.2, 0.25) is 0 Å². The van der Waals surface area contributed by atoms with Crippen molar-refractivity contribution in [3.8, 4) is 0 Å². The molecule has 1 atom stereocenters. The normalized spacial score (nSPS) is 12.3. The summed E-state index contributed by atoms with van der Waals surface area (Å²) in [6, 6.07) is 7.98. The van der Waals surface area contributed by atoms with Crippen LogP contribution in [0.4, 0.5) is 5.69 Å². The molecule has 6 heteroatoms. The maximum absolute atomic E-state index is 10.5. The molecule has 100 valence electrons. The molecule has 0 bridgehead atoms. The van der Waals surface area contributed by atoms with Crippen molar-refractivity contribution in [2.45, 2.75) is 12.6 Å². The molecule has 1 aromatic carbocycles. The van der Waals surface area contributed by atoms with E-state index in [1.165, 1.54) is 17.7 Å². The van der Waals surface area contributed by atoms with Crippen LogP contribution < -0.4 is 5.32 Å². The monoisotopic (exact) mass is 278 g/mol. The van der Waals surface area contributed by atoms with Crippen LogP contribution >= 0.6 is 11.3 Å². The van der Waals surface area contributed by atoms with E-state index in [4.69, 9.17) is 0 Å². The molecule has 0 saturated heterocycles. The molecule has 19 heavy (non-hydrogen) atoms. The third-order valence-electron chi connectivity index (χ3n) is 2.74. The fraction of sp³-hybridized carbons (Fsp3) is 0.231. The molecular weight excluding hydrogens is 264 g/mol. The molecule has 0 amide bonds. The molecule has 1 aromatic heterocycles. The number of nitro groups is 1. The second kappa shape index (κ2) is 6.42. The molecule has 2 rings (SSSR count). The van der Waals surface area contributed by atoms with Gasteiger partial charge < -0.3 is 10.4 Å². The number of rotatable bonds is 6. The highest BCUT2D eigenvalue weighted by atomic mass is 32.1. The highest BCUT2D eigenvalue weighted by Gasteiger charge is 2.10. The van der Waals surface area contributed by atoms with Crippen LogP contribution in [0.25, 0.3) is 0 Å². The van der Waals surface area contributed by atoms with E-state index in [0.29, 0.717) is 18.7 Å². The van der Waals surface area contributed by atoms with Crippen molar-refractivity contribution in [2.24, 2.45) is 0 Å². The van der Waals surface area contributed by atoms with E-state index in [-0.39, 0.29) is 5.69 Å². The highest BCUT2D eigenvalue weighted by molar-refractivity contribution is 7.07. The molecule has 0 aliphatic carbocycles. The third-order valence-corrected chi connectivity index (χ3v) is 3.47. The van der Waals surface area contributed by atoms with Gasteiger partial charge in [0.1, 0.15) is 0 Å².